The first kappa shape index (κ1) is 18.2. The quantitative estimate of drug-likeness (QED) is 0.568. The van der Waals surface area contributed by atoms with Crippen molar-refractivity contribution in [3.8, 4) is 0 Å². The van der Waals surface area contributed by atoms with Crippen LogP contribution in [0.4, 0.5) is 5.69 Å². The van der Waals surface area contributed by atoms with Crippen molar-refractivity contribution in [2.45, 2.75) is 18.4 Å². The van der Waals surface area contributed by atoms with Gasteiger partial charge in [-0.2, -0.15) is 0 Å². The molecule has 0 aromatic heterocycles. The summed E-state index contributed by atoms with van der Waals surface area (Å²) in [6.07, 6.45) is 0. The van der Waals surface area contributed by atoms with E-state index in [1.54, 1.807) is 11.8 Å². The molecule has 0 atom stereocenters. The minimum Gasteiger partial charge on any atom is -0.479 e. The van der Waals surface area contributed by atoms with E-state index in [-0.39, 0.29) is 0 Å². The highest BCUT2D eigenvalue weighted by Gasteiger charge is 2.20. The van der Waals surface area contributed by atoms with Crippen LogP contribution in [-0.2, 0) is 11.3 Å². The Morgan fingerprint density at radius 2 is 1.68 bits per heavy atom. The number of hydrogen-bond donors (Lipinski definition) is 0. The van der Waals surface area contributed by atoms with Gasteiger partial charge in [-0.1, -0.05) is 42.5 Å². The van der Waals surface area contributed by atoms with Gasteiger partial charge in [0.25, 0.3) is 0 Å². The first-order valence-electron chi connectivity index (χ1n) is 8.71. The van der Waals surface area contributed by atoms with Gasteiger partial charge in [0, 0.05) is 37.6 Å². The number of rotatable bonds is 5. The number of ether oxygens (including phenoxy) is 1. The third-order valence-corrected chi connectivity index (χ3v) is 5.50. The number of benzene rings is 2. The summed E-state index contributed by atoms with van der Waals surface area (Å²) in [4.78, 5) is 6.16. The third kappa shape index (κ3) is 5.21. The van der Waals surface area contributed by atoms with Crippen molar-refractivity contribution in [1.82, 2.24) is 4.90 Å². The van der Waals surface area contributed by atoms with Gasteiger partial charge in [-0.05, 0) is 48.6 Å². The Morgan fingerprint density at radius 1 is 1.00 bits per heavy atom. The van der Waals surface area contributed by atoms with Crippen LogP contribution in [0.25, 0.3) is 0 Å². The Morgan fingerprint density at radius 3 is 2.40 bits per heavy atom. The molecule has 0 spiro atoms. The molecule has 1 fully saturated rings. The Hall–Kier alpha value is -1.56. The van der Waals surface area contributed by atoms with E-state index in [1.807, 2.05) is 6.92 Å². The van der Waals surface area contributed by atoms with Gasteiger partial charge in [0.15, 0.2) is 0 Å². The van der Waals surface area contributed by atoms with Crippen LogP contribution in [0, 0.1) is 0 Å². The van der Waals surface area contributed by atoms with Crippen molar-refractivity contribution < 1.29 is 4.74 Å². The smallest absolute Gasteiger partial charge is 0.224 e. The van der Waals surface area contributed by atoms with Gasteiger partial charge >= 0.3 is 0 Å². The topological polar surface area (TPSA) is 15.7 Å². The molecule has 2 aromatic rings. The molecule has 5 heteroatoms. The van der Waals surface area contributed by atoms with E-state index in [4.69, 9.17) is 17.0 Å². The Balaban J connectivity index is 1.60. The van der Waals surface area contributed by atoms with Crippen molar-refractivity contribution in [2.75, 3.05) is 37.7 Å². The summed E-state index contributed by atoms with van der Waals surface area (Å²) < 4.78 is 6.03. The number of para-hydroxylation sites is 1. The van der Waals surface area contributed by atoms with Crippen LogP contribution in [0.1, 0.15) is 12.5 Å². The molecule has 0 aliphatic carbocycles. The standard InChI is InChI=1S/C20H24N2OS2/c1-2-23-20(24)25-19-11-7-6-10-18(19)22-14-12-21(13-15-22)16-17-8-4-3-5-9-17/h3-11H,2,12-16H2,1H3. The zero-order valence-corrected chi connectivity index (χ0v) is 16.2. The van der Waals surface area contributed by atoms with E-state index in [0.29, 0.717) is 11.0 Å². The molecule has 25 heavy (non-hydrogen) atoms. The second-order valence-electron chi connectivity index (χ2n) is 6.00. The molecule has 1 aliphatic rings. The molecule has 0 unspecified atom stereocenters. The molecule has 1 aliphatic heterocycles. The third-order valence-electron chi connectivity index (χ3n) is 4.28. The van der Waals surface area contributed by atoms with Crippen LogP contribution in [0.3, 0.4) is 0 Å². The lowest BCUT2D eigenvalue weighted by Gasteiger charge is -2.37. The van der Waals surface area contributed by atoms with E-state index in [0.717, 1.165) is 32.7 Å². The largest absolute Gasteiger partial charge is 0.479 e. The lowest BCUT2D eigenvalue weighted by atomic mass is 10.2. The summed E-state index contributed by atoms with van der Waals surface area (Å²) in [6.45, 7) is 7.82. The van der Waals surface area contributed by atoms with Crippen LogP contribution in [0.15, 0.2) is 59.5 Å². The zero-order chi connectivity index (χ0) is 17.5. The lowest BCUT2D eigenvalue weighted by Crippen LogP contribution is -2.46. The summed E-state index contributed by atoms with van der Waals surface area (Å²) in [5, 5.41) is 0. The maximum Gasteiger partial charge on any atom is 0.224 e. The molecule has 1 heterocycles. The summed E-state index contributed by atoms with van der Waals surface area (Å²) >= 11 is 6.85. The summed E-state index contributed by atoms with van der Waals surface area (Å²) in [6, 6.07) is 19.2. The molecular formula is C20H24N2OS2. The highest BCUT2D eigenvalue weighted by molar-refractivity contribution is 8.22. The molecule has 1 saturated heterocycles. The fourth-order valence-corrected chi connectivity index (χ4v) is 4.22. The fraction of sp³-hybridized carbons (Fsp3) is 0.350. The van der Waals surface area contributed by atoms with Crippen molar-refractivity contribution in [3.63, 3.8) is 0 Å². The van der Waals surface area contributed by atoms with Gasteiger partial charge in [0.05, 0.1) is 12.3 Å². The fourth-order valence-electron chi connectivity index (χ4n) is 3.03. The second kappa shape index (κ2) is 9.22. The molecular weight excluding hydrogens is 348 g/mol. The highest BCUT2D eigenvalue weighted by atomic mass is 32.2. The predicted octanol–water partition coefficient (Wildman–Crippen LogP) is 4.42. The molecule has 2 aromatic carbocycles. The van der Waals surface area contributed by atoms with Crippen molar-refractivity contribution in [3.05, 3.63) is 60.2 Å². The molecule has 132 valence electrons. The van der Waals surface area contributed by atoms with Crippen LogP contribution in [-0.4, -0.2) is 42.1 Å². The highest BCUT2D eigenvalue weighted by Crippen LogP contribution is 2.32. The number of anilines is 1. The van der Waals surface area contributed by atoms with Gasteiger partial charge in [0.1, 0.15) is 0 Å². The van der Waals surface area contributed by atoms with Crippen LogP contribution >= 0.6 is 24.0 Å². The first-order chi connectivity index (χ1) is 12.3. The zero-order valence-electron chi connectivity index (χ0n) is 14.6. The van der Waals surface area contributed by atoms with E-state index in [1.165, 1.54) is 16.1 Å². The Bertz CT molecular complexity index is 685. The van der Waals surface area contributed by atoms with E-state index in [2.05, 4.69) is 64.4 Å². The second-order valence-corrected chi connectivity index (χ2v) is 7.65. The summed E-state index contributed by atoms with van der Waals surface area (Å²) in [7, 11) is 0. The Kier molecular flexibility index (Phi) is 6.73. The molecule has 0 amide bonds. The van der Waals surface area contributed by atoms with Crippen molar-refractivity contribution >= 4 is 34.0 Å². The molecule has 0 bridgehead atoms. The number of thiocarbonyl (C=S) groups is 1. The maximum absolute atomic E-state index is 5.44. The maximum atomic E-state index is 5.44. The SMILES string of the molecule is CCOC(=S)Sc1ccccc1N1CCN(Cc2ccccc2)CC1. The van der Waals surface area contributed by atoms with E-state index in [9.17, 15) is 0 Å². The number of thioether (sulfide) groups is 1. The number of nitrogens with zero attached hydrogens (tertiary/aromatic N) is 2. The number of hydrogen-bond acceptors (Lipinski definition) is 5. The monoisotopic (exact) mass is 372 g/mol. The van der Waals surface area contributed by atoms with Gasteiger partial charge in [-0.3, -0.25) is 4.90 Å². The van der Waals surface area contributed by atoms with Crippen LogP contribution in [0.2, 0.25) is 0 Å². The predicted molar refractivity (Wildman–Crippen MR) is 110 cm³/mol. The van der Waals surface area contributed by atoms with Gasteiger partial charge in [-0.15, -0.1) is 0 Å². The number of piperazine rings is 1. The van der Waals surface area contributed by atoms with Gasteiger partial charge in [-0.25, -0.2) is 0 Å². The van der Waals surface area contributed by atoms with Crippen LogP contribution < -0.4 is 4.90 Å². The normalized spacial score (nSPS) is 15.2. The average Bonchev–Trinajstić information content (AvgIpc) is 2.64. The minimum atomic E-state index is 0.595. The molecule has 3 nitrogen and oxygen atoms in total. The molecule has 0 radical (unpaired) electrons. The van der Waals surface area contributed by atoms with Crippen molar-refractivity contribution in [2.24, 2.45) is 0 Å². The average molecular weight is 373 g/mol. The van der Waals surface area contributed by atoms with E-state index >= 15 is 0 Å². The lowest BCUT2D eigenvalue weighted by molar-refractivity contribution is 0.249. The van der Waals surface area contributed by atoms with Gasteiger partial charge < -0.3 is 9.64 Å². The van der Waals surface area contributed by atoms with Crippen molar-refractivity contribution in [1.29, 1.82) is 0 Å². The molecule has 0 saturated carbocycles. The molecule has 0 N–H and O–H groups in total. The van der Waals surface area contributed by atoms with Gasteiger partial charge in [0.2, 0.25) is 4.38 Å². The first-order valence-corrected chi connectivity index (χ1v) is 9.93. The molecule has 3 rings (SSSR count). The minimum absolute atomic E-state index is 0.595. The summed E-state index contributed by atoms with van der Waals surface area (Å²) in [5.74, 6) is 0. The van der Waals surface area contributed by atoms with Crippen LogP contribution in [0.5, 0.6) is 0 Å². The van der Waals surface area contributed by atoms with E-state index < -0.39 is 0 Å². The summed E-state index contributed by atoms with van der Waals surface area (Å²) in [5.41, 5.74) is 2.64. The Labute approximate surface area is 160 Å².